The van der Waals surface area contributed by atoms with Gasteiger partial charge in [0.15, 0.2) is 0 Å². The van der Waals surface area contributed by atoms with Crippen molar-refractivity contribution in [3.8, 4) is 0 Å². The fourth-order valence-electron chi connectivity index (χ4n) is 1.33. The van der Waals surface area contributed by atoms with Crippen LogP contribution in [0.5, 0.6) is 0 Å². The molecule has 0 saturated heterocycles. The summed E-state index contributed by atoms with van der Waals surface area (Å²) in [4.78, 5) is 0. The Morgan fingerprint density at radius 2 is 2.43 bits per heavy atom. The van der Waals surface area contributed by atoms with E-state index in [0.717, 1.165) is 25.1 Å². The van der Waals surface area contributed by atoms with E-state index in [0.29, 0.717) is 0 Å². The molecule has 80 valence electrons. The summed E-state index contributed by atoms with van der Waals surface area (Å²) < 4.78 is 0. The molecule has 1 aromatic rings. The predicted octanol–water partition coefficient (Wildman–Crippen LogP) is 1.05. The van der Waals surface area contributed by atoms with Gasteiger partial charge in [-0.3, -0.25) is 5.10 Å². The summed E-state index contributed by atoms with van der Waals surface area (Å²) in [7, 11) is 0. The minimum absolute atomic E-state index is 0.0137. The number of H-pyrrole nitrogens is 1. The largest absolute Gasteiger partial charge is 0.396 e. The van der Waals surface area contributed by atoms with Gasteiger partial charge in [0.25, 0.3) is 0 Å². The van der Waals surface area contributed by atoms with Gasteiger partial charge in [-0.05, 0) is 25.8 Å². The lowest BCUT2D eigenvalue weighted by atomic mass is 9.95. The second-order valence-electron chi connectivity index (χ2n) is 3.82. The smallest absolute Gasteiger partial charge is 0.0490 e. The summed E-state index contributed by atoms with van der Waals surface area (Å²) in [5, 5.41) is 19.1. The summed E-state index contributed by atoms with van der Waals surface area (Å²) in [6, 6.07) is 1.95. The van der Waals surface area contributed by atoms with Crippen LogP contribution in [0.25, 0.3) is 0 Å². The van der Waals surface area contributed by atoms with Crippen LogP contribution in [0, 0.1) is 0 Å². The Balaban J connectivity index is 2.41. The highest BCUT2D eigenvalue weighted by Gasteiger charge is 2.20. The maximum atomic E-state index is 8.93. The van der Waals surface area contributed by atoms with E-state index in [9.17, 15) is 0 Å². The number of aromatic amines is 1. The fraction of sp³-hybridized carbons (Fsp3) is 0.700. The van der Waals surface area contributed by atoms with Crippen LogP contribution in [-0.4, -0.2) is 27.4 Å². The van der Waals surface area contributed by atoms with Gasteiger partial charge >= 0.3 is 0 Å². The Hall–Kier alpha value is -0.870. The van der Waals surface area contributed by atoms with Crippen molar-refractivity contribution < 1.29 is 5.11 Å². The normalized spacial score (nSPS) is 15.4. The molecule has 4 heteroatoms. The lowest BCUT2D eigenvalue weighted by Gasteiger charge is -2.28. The fourth-order valence-corrected chi connectivity index (χ4v) is 1.33. The first kappa shape index (κ1) is 11.2. The van der Waals surface area contributed by atoms with Crippen molar-refractivity contribution in [1.29, 1.82) is 0 Å². The molecule has 4 nitrogen and oxygen atoms in total. The molecular weight excluding hydrogens is 178 g/mol. The number of hydrogen-bond acceptors (Lipinski definition) is 3. The summed E-state index contributed by atoms with van der Waals surface area (Å²) in [6.45, 7) is 5.24. The average molecular weight is 197 g/mol. The summed E-state index contributed by atoms with van der Waals surface area (Å²) in [5.74, 6) is 0. The second-order valence-corrected chi connectivity index (χ2v) is 3.82. The summed E-state index contributed by atoms with van der Waals surface area (Å²) >= 11 is 0. The minimum atomic E-state index is 0.0137. The topological polar surface area (TPSA) is 60.9 Å². The van der Waals surface area contributed by atoms with Gasteiger partial charge in [0.1, 0.15) is 0 Å². The van der Waals surface area contributed by atoms with Crippen LogP contribution >= 0.6 is 0 Å². The molecule has 0 bridgehead atoms. The zero-order valence-electron chi connectivity index (χ0n) is 8.88. The van der Waals surface area contributed by atoms with Gasteiger partial charge in [-0.2, -0.15) is 5.10 Å². The van der Waals surface area contributed by atoms with Crippen LogP contribution in [0.4, 0.5) is 0 Å². The molecule has 0 aliphatic carbocycles. The van der Waals surface area contributed by atoms with Gasteiger partial charge in [-0.15, -0.1) is 0 Å². The highest BCUT2D eigenvalue weighted by molar-refractivity contribution is 4.98. The van der Waals surface area contributed by atoms with Gasteiger partial charge in [-0.25, -0.2) is 0 Å². The number of hydrogen-bond donors (Lipinski definition) is 3. The van der Waals surface area contributed by atoms with E-state index in [4.69, 9.17) is 5.11 Å². The number of aliphatic hydroxyl groups is 1. The number of rotatable bonds is 6. The molecule has 3 N–H and O–H groups in total. The SMILES string of the molecule is CCC(C)(CCO)NCc1ccn[nH]1. The molecule has 0 fully saturated rings. The van der Waals surface area contributed by atoms with Crippen LogP contribution in [0.2, 0.25) is 0 Å². The van der Waals surface area contributed by atoms with Gasteiger partial charge in [0, 0.05) is 30.6 Å². The Kier molecular flexibility index (Phi) is 4.10. The van der Waals surface area contributed by atoms with Crippen molar-refractivity contribution in [2.75, 3.05) is 6.61 Å². The van der Waals surface area contributed by atoms with Gasteiger partial charge < -0.3 is 10.4 Å². The molecule has 0 aliphatic heterocycles. The van der Waals surface area contributed by atoms with E-state index in [2.05, 4.69) is 29.4 Å². The van der Waals surface area contributed by atoms with Gasteiger partial charge in [0.05, 0.1) is 0 Å². The lowest BCUT2D eigenvalue weighted by Crippen LogP contribution is -2.42. The first-order valence-corrected chi connectivity index (χ1v) is 5.04. The zero-order valence-corrected chi connectivity index (χ0v) is 8.88. The van der Waals surface area contributed by atoms with Crippen LogP contribution in [0.15, 0.2) is 12.3 Å². The summed E-state index contributed by atoms with van der Waals surface area (Å²) in [5.41, 5.74) is 1.09. The van der Waals surface area contributed by atoms with Crippen LogP contribution in [0.3, 0.4) is 0 Å². The minimum Gasteiger partial charge on any atom is -0.396 e. The number of nitrogens with zero attached hydrogens (tertiary/aromatic N) is 1. The van der Waals surface area contributed by atoms with E-state index in [-0.39, 0.29) is 12.1 Å². The third-order valence-corrected chi connectivity index (χ3v) is 2.71. The third-order valence-electron chi connectivity index (χ3n) is 2.71. The molecule has 0 amide bonds. The molecule has 0 aliphatic rings. The quantitative estimate of drug-likeness (QED) is 0.639. The Labute approximate surface area is 84.7 Å². The van der Waals surface area contributed by atoms with Crippen LogP contribution < -0.4 is 5.32 Å². The van der Waals surface area contributed by atoms with Crippen LogP contribution in [0.1, 0.15) is 32.4 Å². The number of nitrogens with one attached hydrogen (secondary N) is 2. The van der Waals surface area contributed by atoms with Crippen molar-refractivity contribution in [2.45, 2.75) is 38.8 Å². The third kappa shape index (κ3) is 3.12. The molecule has 1 atom stereocenters. The van der Waals surface area contributed by atoms with Gasteiger partial charge in [0.2, 0.25) is 0 Å². The van der Waals surface area contributed by atoms with Crippen molar-refractivity contribution >= 4 is 0 Å². The van der Waals surface area contributed by atoms with Crippen LogP contribution in [-0.2, 0) is 6.54 Å². The van der Waals surface area contributed by atoms with E-state index in [1.165, 1.54) is 0 Å². The monoisotopic (exact) mass is 197 g/mol. The molecule has 1 heterocycles. The molecule has 0 spiro atoms. The molecule has 0 radical (unpaired) electrons. The number of aromatic nitrogens is 2. The van der Waals surface area contributed by atoms with Crippen molar-refractivity contribution in [1.82, 2.24) is 15.5 Å². The Bertz CT molecular complexity index is 248. The molecule has 1 aromatic heterocycles. The van der Waals surface area contributed by atoms with E-state index in [1.54, 1.807) is 6.20 Å². The highest BCUT2D eigenvalue weighted by atomic mass is 16.3. The second kappa shape index (κ2) is 5.12. The van der Waals surface area contributed by atoms with Crippen molar-refractivity contribution in [3.63, 3.8) is 0 Å². The standard InChI is InChI=1S/C10H19N3O/c1-3-10(2,5-7-14)11-8-9-4-6-12-13-9/h4,6,11,14H,3,5,7-8H2,1-2H3,(H,12,13). The Morgan fingerprint density at radius 3 is 2.93 bits per heavy atom. The maximum absolute atomic E-state index is 8.93. The maximum Gasteiger partial charge on any atom is 0.0490 e. The van der Waals surface area contributed by atoms with E-state index < -0.39 is 0 Å². The van der Waals surface area contributed by atoms with Crippen molar-refractivity contribution in [2.24, 2.45) is 0 Å². The zero-order chi connectivity index (χ0) is 10.4. The van der Waals surface area contributed by atoms with E-state index >= 15 is 0 Å². The molecular formula is C10H19N3O. The van der Waals surface area contributed by atoms with Gasteiger partial charge in [-0.1, -0.05) is 6.92 Å². The highest BCUT2D eigenvalue weighted by Crippen LogP contribution is 2.14. The first-order valence-electron chi connectivity index (χ1n) is 5.04. The Morgan fingerprint density at radius 1 is 1.64 bits per heavy atom. The molecule has 1 unspecified atom stereocenters. The number of aliphatic hydroxyl groups excluding tert-OH is 1. The molecule has 0 aromatic carbocycles. The molecule has 0 saturated carbocycles. The van der Waals surface area contributed by atoms with Crippen molar-refractivity contribution in [3.05, 3.63) is 18.0 Å². The average Bonchev–Trinajstić information content (AvgIpc) is 2.68. The molecule has 1 rings (SSSR count). The van der Waals surface area contributed by atoms with E-state index in [1.807, 2.05) is 6.07 Å². The predicted molar refractivity (Wildman–Crippen MR) is 55.8 cm³/mol. The lowest BCUT2D eigenvalue weighted by molar-refractivity contribution is 0.214. The molecule has 14 heavy (non-hydrogen) atoms. The first-order chi connectivity index (χ1) is 6.70. The summed E-state index contributed by atoms with van der Waals surface area (Å²) in [6.07, 6.45) is 3.52.